The highest BCUT2D eigenvalue weighted by Gasteiger charge is 2.34. The maximum absolute atomic E-state index is 12.9. The van der Waals surface area contributed by atoms with Crippen LogP contribution in [0.3, 0.4) is 0 Å². The van der Waals surface area contributed by atoms with Gasteiger partial charge in [-0.15, -0.1) is 0 Å². The number of hydrogen-bond acceptors (Lipinski definition) is 2. The maximum atomic E-state index is 12.9. The molecule has 4 nitrogen and oxygen atoms in total. The molecule has 2 atom stereocenters. The van der Waals surface area contributed by atoms with E-state index in [1.165, 1.54) is 17.0 Å². The van der Waals surface area contributed by atoms with E-state index in [1.54, 1.807) is 6.92 Å². The average molecular weight is 343 g/mol. The Morgan fingerprint density at radius 3 is 2.67 bits per heavy atom. The van der Waals surface area contributed by atoms with Crippen LogP contribution in [0.2, 0.25) is 0 Å². The van der Waals surface area contributed by atoms with Crippen molar-refractivity contribution in [3.05, 3.63) is 35.4 Å². The van der Waals surface area contributed by atoms with E-state index in [0.717, 1.165) is 12.1 Å². The molecule has 0 bridgehead atoms. The summed E-state index contributed by atoms with van der Waals surface area (Å²) in [5, 5.41) is 9.11. The van der Waals surface area contributed by atoms with Crippen LogP contribution in [-0.2, 0) is 15.8 Å². The highest BCUT2D eigenvalue weighted by atomic mass is 19.4. The van der Waals surface area contributed by atoms with Gasteiger partial charge in [0.25, 0.3) is 0 Å². The minimum Gasteiger partial charge on any atom is -0.481 e. The van der Waals surface area contributed by atoms with Gasteiger partial charge < -0.3 is 10.0 Å². The number of rotatable bonds is 4. The van der Waals surface area contributed by atoms with Crippen molar-refractivity contribution in [2.24, 2.45) is 5.92 Å². The minimum atomic E-state index is -4.46. The number of aliphatic carboxylic acids is 1. The summed E-state index contributed by atoms with van der Waals surface area (Å²) in [5.74, 6) is -2.55. The first-order chi connectivity index (χ1) is 11.2. The van der Waals surface area contributed by atoms with Crippen LogP contribution in [0.5, 0.6) is 0 Å². The van der Waals surface area contributed by atoms with Crippen molar-refractivity contribution in [3.63, 3.8) is 0 Å². The number of carboxylic acid groups (broad SMARTS) is 1. The van der Waals surface area contributed by atoms with E-state index >= 15 is 0 Å². The number of nitrogens with zero attached hydrogens (tertiary/aromatic N) is 1. The molecule has 0 spiro atoms. The molecule has 2 rings (SSSR count). The largest absolute Gasteiger partial charge is 0.481 e. The predicted octanol–water partition coefficient (Wildman–Crippen LogP) is 3.52. The fourth-order valence-corrected chi connectivity index (χ4v) is 3.08. The number of carbonyl (C=O) groups is 2. The summed E-state index contributed by atoms with van der Waals surface area (Å²) in [5.41, 5.74) is -0.469. The van der Waals surface area contributed by atoms with Crippen molar-refractivity contribution in [1.29, 1.82) is 0 Å². The van der Waals surface area contributed by atoms with Crippen LogP contribution < -0.4 is 0 Å². The highest BCUT2D eigenvalue weighted by Crippen LogP contribution is 2.33. The lowest BCUT2D eigenvalue weighted by atomic mass is 9.91. The molecule has 1 unspecified atom stereocenters. The molecule has 0 aromatic heterocycles. The van der Waals surface area contributed by atoms with Crippen LogP contribution in [0.4, 0.5) is 13.2 Å². The Balaban J connectivity index is 2.21. The smallest absolute Gasteiger partial charge is 0.416 e. The van der Waals surface area contributed by atoms with Crippen molar-refractivity contribution >= 4 is 11.9 Å². The van der Waals surface area contributed by atoms with Crippen LogP contribution >= 0.6 is 0 Å². The molecule has 24 heavy (non-hydrogen) atoms. The Kier molecular flexibility index (Phi) is 5.51. The number of halogens is 3. The van der Waals surface area contributed by atoms with Crippen LogP contribution in [0, 0.1) is 5.92 Å². The highest BCUT2D eigenvalue weighted by molar-refractivity contribution is 5.84. The molecule has 1 amide bonds. The summed E-state index contributed by atoms with van der Waals surface area (Å²) in [6.45, 7) is 2.29. The fourth-order valence-electron chi connectivity index (χ4n) is 3.08. The summed E-state index contributed by atoms with van der Waals surface area (Å²) >= 11 is 0. The molecule has 0 radical (unpaired) electrons. The maximum Gasteiger partial charge on any atom is 0.416 e. The number of hydrogen-bond donors (Lipinski definition) is 1. The predicted molar refractivity (Wildman–Crippen MR) is 81.4 cm³/mol. The summed E-state index contributed by atoms with van der Waals surface area (Å²) < 4.78 is 38.6. The normalized spacial score (nSPS) is 19.8. The lowest BCUT2D eigenvalue weighted by Gasteiger charge is -2.33. The molecule has 1 fully saturated rings. The number of amides is 1. The first kappa shape index (κ1) is 18.3. The van der Waals surface area contributed by atoms with Crippen molar-refractivity contribution < 1.29 is 27.9 Å². The number of benzene rings is 1. The quantitative estimate of drug-likeness (QED) is 0.910. The Morgan fingerprint density at radius 1 is 1.38 bits per heavy atom. The van der Waals surface area contributed by atoms with E-state index in [0.29, 0.717) is 31.4 Å². The standard InChI is InChI=1S/C17H20F3NO3/c1-2-14(11-5-3-7-13(9-11)17(18,19)20)15(22)21-8-4-6-12(10-21)16(23)24/h3,5,7,9,12,14H,2,4,6,8,10H2,1H3,(H,23,24)/t12-,14?/m0/s1. The van der Waals surface area contributed by atoms with Crippen LogP contribution in [0.1, 0.15) is 43.2 Å². The van der Waals surface area contributed by atoms with Gasteiger partial charge >= 0.3 is 12.1 Å². The molecule has 132 valence electrons. The topological polar surface area (TPSA) is 57.6 Å². The molecule has 1 aliphatic heterocycles. The Labute approximate surface area is 138 Å². The van der Waals surface area contributed by atoms with Crippen molar-refractivity contribution in [1.82, 2.24) is 4.90 Å². The second-order valence-electron chi connectivity index (χ2n) is 6.05. The third kappa shape index (κ3) is 4.07. The van der Waals surface area contributed by atoms with Gasteiger partial charge in [0, 0.05) is 13.1 Å². The summed E-state index contributed by atoms with van der Waals surface area (Å²) in [6.07, 6.45) is -3.01. The summed E-state index contributed by atoms with van der Waals surface area (Å²) in [4.78, 5) is 25.3. The molecule has 1 aliphatic rings. The van der Waals surface area contributed by atoms with Gasteiger partial charge in [0.2, 0.25) is 5.91 Å². The number of likely N-dealkylation sites (tertiary alicyclic amines) is 1. The Bertz CT molecular complexity index is 615. The van der Waals surface area contributed by atoms with Crippen molar-refractivity contribution in [2.75, 3.05) is 13.1 Å². The van der Waals surface area contributed by atoms with E-state index in [9.17, 15) is 22.8 Å². The molecule has 0 aliphatic carbocycles. The lowest BCUT2D eigenvalue weighted by Crippen LogP contribution is -2.44. The van der Waals surface area contributed by atoms with E-state index < -0.39 is 29.5 Å². The first-order valence-electron chi connectivity index (χ1n) is 7.92. The van der Waals surface area contributed by atoms with Gasteiger partial charge in [0.05, 0.1) is 17.4 Å². The molecule has 1 heterocycles. The van der Waals surface area contributed by atoms with Gasteiger partial charge in [0.15, 0.2) is 0 Å². The van der Waals surface area contributed by atoms with Gasteiger partial charge in [-0.1, -0.05) is 25.1 Å². The fraction of sp³-hybridized carbons (Fsp3) is 0.529. The molecule has 0 saturated carbocycles. The molecule has 1 aromatic carbocycles. The van der Waals surface area contributed by atoms with Crippen LogP contribution in [0.15, 0.2) is 24.3 Å². The summed E-state index contributed by atoms with van der Waals surface area (Å²) in [6, 6.07) is 4.79. The van der Waals surface area contributed by atoms with Gasteiger partial charge in [-0.3, -0.25) is 9.59 Å². The third-order valence-electron chi connectivity index (χ3n) is 4.40. The summed E-state index contributed by atoms with van der Waals surface area (Å²) in [7, 11) is 0. The van der Waals surface area contributed by atoms with E-state index in [2.05, 4.69) is 0 Å². The number of alkyl halides is 3. The average Bonchev–Trinajstić information content (AvgIpc) is 2.55. The Hall–Kier alpha value is -2.05. The van der Waals surface area contributed by atoms with E-state index in [4.69, 9.17) is 5.11 Å². The molecule has 1 aromatic rings. The number of carboxylic acids is 1. The first-order valence-corrected chi connectivity index (χ1v) is 7.92. The monoisotopic (exact) mass is 343 g/mol. The molecular weight excluding hydrogens is 323 g/mol. The number of piperidine rings is 1. The zero-order chi connectivity index (χ0) is 17.9. The second-order valence-corrected chi connectivity index (χ2v) is 6.05. The van der Waals surface area contributed by atoms with Gasteiger partial charge in [-0.25, -0.2) is 0 Å². The zero-order valence-corrected chi connectivity index (χ0v) is 13.3. The van der Waals surface area contributed by atoms with Crippen molar-refractivity contribution in [3.8, 4) is 0 Å². The third-order valence-corrected chi connectivity index (χ3v) is 4.40. The second kappa shape index (κ2) is 7.23. The molecule has 1 saturated heterocycles. The van der Waals surface area contributed by atoms with Crippen LogP contribution in [-0.4, -0.2) is 35.0 Å². The molecular formula is C17H20F3NO3. The van der Waals surface area contributed by atoms with Gasteiger partial charge in [-0.05, 0) is 30.9 Å². The van der Waals surface area contributed by atoms with Crippen molar-refractivity contribution in [2.45, 2.75) is 38.3 Å². The lowest BCUT2D eigenvalue weighted by molar-refractivity contribution is -0.146. The SMILES string of the molecule is CCC(C(=O)N1CCC[C@H](C(=O)O)C1)c1cccc(C(F)(F)F)c1. The number of carbonyl (C=O) groups excluding carboxylic acids is 1. The van der Waals surface area contributed by atoms with Gasteiger partial charge in [0.1, 0.15) is 0 Å². The Morgan fingerprint density at radius 2 is 2.08 bits per heavy atom. The molecule has 1 N–H and O–H groups in total. The van der Waals surface area contributed by atoms with E-state index in [-0.39, 0.29) is 12.5 Å². The van der Waals surface area contributed by atoms with Crippen LogP contribution in [0.25, 0.3) is 0 Å². The zero-order valence-electron chi connectivity index (χ0n) is 13.3. The minimum absolute atomic E-state index is 0.115. The van der Waals surface area contributed by atoms with E-state index in [1.807, 2.05) is 0 Å². The van der Waals surface area contributed by atoms with Gasteiger partial charge in [-0.2, -0.15) is 13.2 Å². The molecule has 7 heteroatoms.